The van der Waals surface area contributed by atoms with Crippen LogP contribution in [-0.2, 0) is 11.2 Å². The van der Waals surface area contributed by atoms with Crippen LogP contribution in [0.25, 0.3) is 0 Å². The number of fused-ring (bicyclic) bond motifs is 5. The number of methoxy groups -OCH3 is 1. The van der Waals surface area contributed by atoms with Crippen molar-refractivity contribution in [3.05, 3.63) is 29.3 Å². The van der Waals surface area contributed by atoms with Crippen LogP contribution in [0.5, 0.6) is 5.75 Å². The second kappa shape index (κ2) is 4.59. The molecule has 2 saturated carbocycles. The Kier molecular flexibility index (Phi) is 2.92. The van der Waals surface area contributed by atoms with Crippen molar-refractivity contribution >= 4 is 5.78 Å². The van der Waals surface area contributed by atoms with Crippen LogP contribution < -0.4 is 4.74 Å². The highest BCUT2D eigenvalue weighted by atomic mass is 16.5. The number of carbonyl (C=O) groups is 1. The molecule has 0 amide bonds. The zero-order chi connectivity index (χ0) is 14.6. The van der Waals surface area contributed by atoms with Crippen molar-refractivity contribution in [2.75, 3.05) is 7.11 Å². The molecule has 0 radical (unpaired) electrons. The SMILES string of the molecule is COc1ccc2c(c1)CC[C@H]1[C@H]3CCC(=O)[C@@]3(C)CC[C@@H]21. The van der Waals surface area contributed by atoms with Gasteiger partial charge in [-0.1, -0.05) is 13.0 Å². The molecule has 21 heavy (non-hydrogen) atoms. The molecule has 0 aliphatic heterocycles. The average molecular weight is 284 g/mol. The molecule has 2 fully saturated rings. The van der Waals surface area contributed by atoms with Gasteiger partial charge in [0.05, 0.1) is 7.11 Å². The second-order valence-electron chi connectivity index (χ2n) is 7.40. The Balaban J connectivity index is 1.70. The van der Waals surface area contributed by atoms with Crippen molar-refractivity contribution in [3.8, 4) is 5.75 Å². The van der Waals surface area contributed by atoms with E-state index in [-0.39, 0.29) is 5.41 Å². The zero-order valence-corrected chi connectivity index (χ0v) is 13.0. The topological polar surface area (TPSA) is 26.3 Å². The summed E-state index contributed by atoms with van der Waals surface area (Å²) < 4.78 is 5.37. The van der Waals surface area contributed by atoms with Crippen LogP contribution in [0.4, 0.5) is 0 Å². The lowest BCUT2D eigenvalue weighted by Gasteiger charge is -2.48. The van der Waals surface area contributed by atoms with E-state index in [1.807, 2.05) is 0 Å². The van der Waals surface area contributed by atoms with Gasteiger partial charge in [-0.2, -0.15) is 0 Å². The molecule has 3 aliphatic carbocycles. The van der Waals surface area contributed by atoms with E-state index >= 15 is 0 Å². The molecule has 0 unspecified atom stereocenters. The highest BCUT2D eigenvalue weighted by Crippen LogP contribution is 2.59. The molecule has 0 N–H and O–H groups in total. The van der Waals surface area contributed by atoms with Crippen LogP contribution in [0.15, 0.2) is 18.2 Å². The number of ether oxygens (including phenoxy) is 1. The van der Waals surface area contributed by atoms with Gasteiger partial charge in [-0.3, -0.25) is 4.79 Å². The van der Waals surface area contributed by atoms with E-state index in [0.717, 1.165) is 37.4 Å². The lowest BCUT2D eigenvalue weighted by Crippen LogP contribution is -2.42. The number of ketones is 1. The number of benzene rings is 1. The summed E-state index contributed by atoms with van der Waals surface area (Å²) in [7, 11) is 1.74. The van der Waals surface area contributed by atoms with Crippen LogP contribution in [0.3, 0.4) is 0 Å². The fourth-order valence-electron chi connectivity index (χ4n) is 5.46. The Morgan fingerprint density at radius 1 is 1.19 bits per heavy atom. The molecule has 2 heteroatoms. The molecule has 112 valence electrons. The number of carbonyl (C=O) groups excluding carboxylic acids is 1. The van der Waals surface area contributed by atoms with Crippen molar-refractivity contribution in [1.29, 1.82) is 0 Å². The number of hydrogen-bond acceptors (Lipinski definition) is 2. The Hall–Kier alpha value is -1.31. The molecule has 4 atom stereocenters. The molecular formula is C19H24O2. The predicted octanol–water partition coefficient (Wildman–Crippen LogP) is 4.12. The van der Waals surface area contributed by atoms with Gasteiger partial charge in [0, 0.05) is 11.8 Å². The molecule has 2 nitrogen and oxygen atoms in total. The van der Waals surface area contributed by atoms with E-state index < -0.39 is 0 Å². The first-order valence-electron chi connectivity index (χ1n) is 8.33. The molecule has 0 aromatic heterocycles. The Labute approximate surface area is 126 Å². The average Bonchev–Trinajstić information content (AvgIpc) is 2.82. The first-order valence-corrected chi connectivity index (χ1v) is 8.33. The molecular weight excluding hydrogens is 260 g/mol. The number of aryl methyl sites for hydroxylation is 1. The first kappa shape index (κ1) is 13.4. The third kappa shape index (κ3) is 1.81. The maximum atomic E-state index is 12.3. The lowest BCUT2D eigenvalue weighted by atomic mass is 9.55. The van der Waals surface area contributed by atoms with Gasteiger partial charge in [0.25, 0.3) is 0 Å². The van der Waals surface area contributed by atoms with Crippen LogP contribution in [0.1, 0.15) is 56.1 Å². The summed E-state index contributed by atoms with van der Waals surface area (Å²) in [4.78, 5) is 12.3. The third-order valence-corrected chi connectivity index (χ3v) is 6.64. The molecule has 4 rings (SSSR count). The van der Waals surface area contributed by atoms with Gasteiger partial charge in [0.15, 0.2) is 0 Å². The van der Waals surface area contributed by atoms with Gasteiger partial charge >= 0.3 is 0 Å². The van der Waals surface area contributed by atoms with Gasteiger partial charge in [0.1, 0.15) is 11.5 Å². The fourth-order valence-corrected chi connectivity index (χ4v) is 5.46. The van der Waals surface area contributed by atoms with Crippen molar-refractivity contribution in [1.82, 2.24) is 0 Å². The minimum Gasteiger partial charge on any atom is -0.497 e. The van der Waals surface area contributed by atoms with Crippen LogP contribution in [0.2, 0.25) is 0 Å². The minimum absolute atomic E-state index is 0.00879. The number of Topliss-reactive ketones (excluding diaryl/α,β-unsaturated/α-hetero) is 1. The lowest BCUT2D eigenvalue weighted by molar-refractivity contribution is -0.129. The highest BCUT2D eigenvalue weighted by molar-refractivity contribution is 5.87. The summed E-state index contributed by atoms with van der Waals surface area (Å²) in [6.07, 6.45) is 6.61. The van der Waals surface area contributed by atoms with Crippen LogP contribution >= 0.6 is 0 Å². The molecule has 1 aromatic carbocycles. The van der Waals surface area contributed by atoms with Crippen molar-refractivity contribution in [2.45, 2.75) is 51.4 Å². The van der Waals surface area contributed by atoms with E-state index in [2.05, 4.69) is 25.1 Å². The molecule has 3 aliphatic rings. The van der Waals surface area contributed by atoms with Crippen LogP contribution in [-0.4, -0.2) is 12.9 Å². The number of hydrogen-bond donors (Lipinski definition) is 0. The Morgan fingerprint density at radius 3 is 2.86 bits per heavy atom. The molecule has 0 saturated heterocycles. The number of rotatable bonds is 1. The molecule has 0 heterocycles. The smallest absolute Gasteiger partial charge is 0.139 e. The van der Waals surface area contributed by atoms with Crippen LogP contribution in [0, 0.1) is 17.3 Å². The van der Waals surface area contributed by atoms with Crippen molar-refractivity contribution < 1.29 is 9.53 Å². The van der Waals surface area contributed by atoms with E-state index in [9.17, 15) is 4.79 Å². The van der Waals surface area contributed by atoms with Gasteiger partial charge in [-0.25, -0.2) is 0 Å². The highest BCUT2D eigenvalue weighted by Gasteiger charge is 2.54. The van der Waals surface area contributed by atoms with E-state index in [4.69, 9.17) is 4.74 Å². The molecule has 0 spiro atoms. The summed E-state index contributed by atoms with van der Waals surface area (Å²) in [5.41, 5.74) is 3.00. The van der Waals surface area contributed by atoms with Crippen molar-refractivity contribution in [3.63, 3.8) is 0 Å². The predicted molar refractivity (Wildman–Crippen MR) is 82.6 cm³/mol. The standard InChI is InChI=1S/C19H24O2/c1-19-10-9-15-14-6-4-13(21-2)11-12(14)3-5-16(15)17(19)7-8-18(19)20/h4,6,11,15-17H,3,5,7-10H2,1-2H3/t15-,16+,17+,19-/m0/s1. The summed E-state index contributed by atoms with van der Waals surface area (Å²) in [5, 5.41) is 0. The summed E-state index contributed by atoms with van der Waals surface area (Å²) in [6, 6.07) is 6.61. The second-order valence-corrected chi connectivity index (χ2v) is 7.40. The Bertz CT molecular complexity index is 591. The minimum atomic E-state index is -0.00879. The van der Waals surface area contributed by atoms with E-state index in [0.29, 0.717) is 17.6 Å². The third-order valence-electron chi connectivity index (χ3n) is 6.64. The maximum Gasteiger partial charge on any atom is 0.139 e. The fraction of sp³-hybridized carbons (Fsp3) is 0.632. The zero-order valence-electron chi connectivity index (χ0n) is 13.0. The Morgan fingerprint density at radius 2 is 2.05 bits per heavy atom. The van der Waals surface area contributed by atoms with Gasteiger partial charge < -0.3 is 4.74 Å². The van der Waals surface area contributed by atoms with E-state index in [1.165, 1.54) is 24.0 Å². The quantitative estimate of drug-likeness (QED) is 0.775. The normalized spacial score (nSPS) is 37.6. The summed E-state index contributed by atoms with van der Waals surface area (Å²) >= 11 is 0. The van der Waals surface area contributed by atoms with Gasteiger partial charge in [-0.15, -0.1) is 0 Å². The molecule has 1 aromatic rings. The van der Waals surface area contributed by atoms with Gasteiger partial charge in [-0.05, 0) is 73.1 Å². The summed E-state index contributed by atoms with van der Waals surface area (Å²) in [6.45, 7) is 2.24. The summed E-state index contributed by atoms with van der Waals surface area (Å²) in [5.74, 6) is 3.52. The monoisotopic (exact) mass is 284 g/mol. The van der Waals surface area contributed by atoms with Gasteiger partial charge in [0.2, 0.25) is 0 Å². The first-order chi connectivity index (χ1) is 10.1. The largest absolute Gasteiger partial charge is 0.497 e. The van der Waals surface area contributed by atoms with Crippen molar-refractivity contribution in [2.24, 2.45) is 17.3 Å². The maximum absolute atomic E-state index is 12.3. The van der Waals surface area contributed by atoms with E-state index in [1.54, 1.807) is 7.11 Å². The molecule has 0 bridgehead atoms.